The average molecular weight is 262 g/mol. The van der Waals surface area contributed by atoms with E-state index >= 15 is 0 Å². The summed E-state index contributed by atoms with van der Waals surface area (Å²) in [5.74, 6) is -0.790. The highest BCUT2D eigenvalue weighted by Gasteiger charge is 2.18. The van der Waals surface area contributed by atoms with Crippen LogP contribution in [0.1, 0.15) is 31.9 Å². The maximum atomic E-state index is 10.8. The molecule has 5 heteroatoms. The summed E-state index contributed by atoms with van der Waals surface area (Å²) in [7, 11) is 0. The Labute approximate surface area is 105 Å². The lowest BCUT2D eigenvalue weighted by Gasteiger charge is -2.26. The van der Waals surface area contributed by atoms with E-state index in [0.29, 0.717) is 0 Å². The van der Waals surface area contributed by atoms with Crippen LogP contribution >= 0.6 is 22.9 Å². The fraction of sp³-hybridized carbons (Fsp3) is 0.545. The molecule has 0 aliphatic heterocycles. The standard InChI is InChI=1S/C11H16ClNO2S/c1-3-4-13(6-11(14)15)8(2)9-5-10(12)16-7-9/h5,7-8H,3-4,6H2,1-2H3,(H,14,15). The number of rotatable bonds is 6. The van der Waals surface area contributed by atoms with Gasteiger partial charge in [0, 0.05) is 6.04 Å². The Kier molecular flexibility index (Phi) is 5.25. The molecular weight excluding hydrogens is 246 g/mol. The minimum absolute atomic E-state index is 0.0719. The number of carbonyl (C=O) groups is 1. The average Bonchev–Trinajstić information content (AvgIpc) is 2.62. The minimum Gasteiger partial charge on any atom is -0.480 e. The van der Waals surface area contributed by atoms with Crippen LogP contribution in [-0.2, 0) is 4.79 Å². The first-order valence-electron chi connectivity index (χ1n) is 5.24. The molecule has 0 spiro atoms. The number of hydrogen-bond acceptors (Lipinski definition) is 3. The molecule has 3 nitrogen and oxygen atoms in total. The zero-order chi connectivity index (χ0) is 12.1. The molecule has 0 aliphatic rings. The predicted octanol–water partition coefficient (Wildman–Crippen LogP) is 3.26. The number of carboxylic acid groups (broad SMARTS) is 1. The van der Waals surface area contributed by atoms with Gasteiger partial charge >= 0.3 is 5.97 Å². The van der Waals surface area contributed by atoms with E-state index in [2.05, 4.69) is 0 Å². The Morgan fingerprint density at radius 2 is 2.38 bits per heavy atom. The molecule has 0 radical (unpaired) electrons. The number of thiophene rings is 1. The number of aliphatic carboxylic acids is 1. The van der Waals surface area contributed by atoms with Crippen molar-refractivity contribution in [2.45, 2.75) is 26.3 Å². The first-order chi connectivity index (χ1) is 7.54. The van der Waals surface area contributed by atoms with Crippen LogP contribution in [0.4, 0.5) is 0 Å². The van der Waals surface area contributed by atoms with Crippen LogP contribution in [0.25, 0.3) is 0 Å². The maximum absolute atomic E-state index is 10.8. The fourth-order valence-electron chi connectivity index (χ4n) is 1.62. The SMILES string of the molecule is CCCN(CC(=O)O)C(C)c1csc(Cl)c1. The molecule has 1 aromatic heterocycles. The van der Waals surface area contributed by atoms with Gasteiger partial charge in [-0.3, -0.25) is 9.69 Å². The highest BCUT2D eigenvalue weighted by Crippen LogP contribution is 2.28. The smallest absolute Gasteiger partial charge is 0.317 e. The third kappa shape index (κ3) is 3.77. The topological polar surface area (TPSA) is 40.5 Å². The summed E-state index contributed by atoms with van der Waals surface area (Å²) in [6.45, 7) is 4.91. The molecule has 0 saturated carbocycles. The molecule has 0 saturated heterocycles. The van der Waals surface area contributed by atoms with E-state index in [9.17, 15) is 4.79 Å². The first-order valence-corrected chi connectivity index (χ1v) is 6.50. The van der Waals surface area contributed by atoms with Crippen LogP contribution in [0.2, 0.25) is 4.34 Å². The van der Waals surface area contributed by atoms with Gasteiger partial charge in [0.2, 0.25) is 0 Å². The molecule has 0 aromatic carbocycles. The van der Waals surface area contributed by atoms with Crippen molar-refractivity contribution in [3.63, 3.8) is 0 Å². The monoisotopic (exact) mass is 261 g/mol. The molecule has 0 amide bonds. The number of hydrogen-bond donors (Lipinski definition) is 1. The van der Waals surface area contributed by atoms with Gasteiger partial charge in [0.05, 0.1) is 10.9 Å². The summed E-state index contributed by atoms with van der Waals surface area (Å²) in [5.41, 5.74) is 1.09. The van der Waals surface area contributed by atoms with Crippen molar-refractivity contribution in [2.75, 3.05) is 13.1 Å². The Morgan fingerprint density at radius 3 is 2.81 bits per heavy atom. The minimum atomic E-state index is -0.790. The highest BCUT2D eigenvalue weighted by molar-refractivity contribution is 7.14. The van der Waals surface area contributed by atoms with Gasteiger partial charge in [0.15, 0.2) is 0 Å². The molecular formula is C11H16ClNO2S. The Morgan fingerprint density at radius 1 is 1.69 bits per heavy atom. The quantitative estimate of drug-likeness (QED) is 0.855. The van der Waals surface area contributed by atoms with Crippen LogP contribution < -0.4 is 0 Å². The van der Waals surface area contributed by atoms with Crippen molar-refractivity contribution in [2.24, 2.45) is 0 Å². The van der Waals surface area contributed by atoms with E-state index in [-0.39, 0.29) is 12.6 Å². The Bertz CT molecular complexity index is 354. The lowest BCUT2D eigenvalue weighted by molar-refractivity contribution is -0.138. The van der Waals surface area contributed by atoms with Crippen molar-refractivity contribution >= 4 is 28.9 Å². The molecule has 90 valence electrons. The Balaban J connectivity index is 2.73. The Hall–Kier alpha value is -0.580. The van der Waals surface area contributed by atoms with E-state index in [1.54, 1.807) is 0 Å². The zero-order valence-electron chi connectivity index (χ0n) is 9.44. The molecule has 0 bridgehead atoms. The summed E-state index contributed by atoms with van der Waals surface area (Å²) in [6, 6.07) is 2.00. The van der Waals surface area contributed by atoms with Gasteiger partial charge in [-0.2, -0.15) is 0 Å². The molecule has 0 aliphatic carbocycles. The second-order valence-electron chi connectivity index (χ2n) is 3.72. The highest BCUT2D eigenvalue weighted by atomic mass is 35.5. The summed E-state index contributed by atoms with van der Waals surface area (Å²) < 4.78 is 0.744. The molecule has 0 fully saturated rings. The van der Waals surface area contributed by atoms with Crippen LogP contribution in [0.5, 0.6) is 0 Å². The van der Waals surface area contributed by atoms with Crippen LogP contribution in [-0.4, -0.2) is 29.1 Å². The third-order valence-electron chi connectivity index (χ3n) is 2.47. The van der Waals surface area contributed by atoms with Crippen LogP contribution in [0, 0.1) is 0 Å². The van der Waals surface area contributed by atoms with Crippen LogP contribution in [0.15, 0.2) is 11.4 Å². The van der Waals surface area contributed by atoms with Crippen molar-refractivity contribution in [1.82, 2.24) is 4.90 Å². The van der Waals surface area contributed by atoms with Gasteiger partial charge in [0.25, 0.3) is 0 Å². The lowest BCUT2D eigenvalue weighted by atomic mass is 10.1. The molecule has 1 N–H and O–H groups in total. The van der Waals surface area contributed by atoms with Gasteiger partial charge in [0.1, 0.15) is 0 Å². The number of nitrogens with zero attached hydrogens (tertiary/aromatic N) is 1. The van der Waals surface area contributed by atoms with Crippen LogP contribution in [0.3, 0.4) is 0 Å². The maximum Gasteiger partial charge on any atom is 0.317 e. The van der Waals surface area contributed by atoms with Crippen molar-refractivity contribution in [1.29, 1.82) is 0 Å². The van der Waals surface area contributed by atoms with Crippen molar-refractivity contribution in [3.8, 4) is 0 Å². The van der Waals surface area contributed by atoms with E-state index in [0.717, 1.165) is 22.9 Å². The predicted molar refractivity (Wildman–Crippen MR) is 67.2 cm³/mol. The van der Waals surface area contributed by atoms with E-state index in [1.807, 2.05) is 30.2 Å². The lowest BCUT2D eigenvalue weighted by Crippen LogP contribution is -2.32. The molecule has 1 rings (SSSR count). The van der Waals surface area contributed by atoms with E-state index < -0.39 is 5.97 Å². The molecule has 1 atom stereocenters. The second kappa shape index (κ2) is 6.23. The van der Waals surface area contributed by atoms with Crippen molar-refractivity contribution < 1.29 is 9.90 Å². The summed E-state index contributed by atoms with van der Waals surface area (Å²) >= 11 is 7.35. The summed E-state index contributed by atoms with van der Waals surface area (Å²) in [6.07, 6.45) is 0.940. The number of carboxylic acids is 1. The molecule has 1 heterocycles. The molecule has 1 aromatic rings. The molecule has 16 heavy (non-hydrogen) atoms. The normalized spacial score (nSPS) is 13.0. The van der Waals surface area contributed by atoms with Gasteiger partial charge in [-0.15, -0.1) is 11.3 Å². The van der Waals surface area contributed by atoms with Gasteiger partial charge in [-0.25, -0.2) is 0 Å². The molecule has 1 unspecified atom stereocenters. The van der Waals surface area contributed by atoms with E-state index in [4.69, 9.17) is 16.7 Å². The third-order valence-corrected chi connectivity index (χ3v) is 3.58. The largest absolute Gasteiger partial charge is 0.480 e. The van der Waals surface area contributed by atoms with Gasteiger partial charge in [-0.1, -0.05) is 18.5 Å². The summed E-state index contributed by atoms with van der Waals surface area (Å²) in [5, 5.41) is 10.8. The van der Waals surface area contributed by atoms with Crippen molar-refractivity contribution in [3.05, 3.63) is 21.3 Å². The zero-order valence-corrected chi connectivity index (χ0v) is 11.0. The van der Waals surface area contributed by atoms with E-state index in [1.165, 1.54) is 11.3 Å². The van der Waals surface area contributed by atoms with Gasteiger partial charge in [-0.05, 0) is 36.9 Å². The summed E-state index contributed by atoms with van der Waals surface area (Å²) in [4.78, 5) is 12.7. The van der Waals surface area contributed by atoms with Gasteiger partial charge < -0.3 is 5.11 Å². The first kappa shape index (κ1) is 13.5. The fourth-order valence-corrected chi connectivity index (χ4v) is 2.60. The number of halogens is 1. The second-order valence-corrected chi connectivity index (χ2v) is 5.27.